The molecule has 0 radical (unpaired) electrons. The number of nitrogens with one attached hydrogen (secondary N) is 1. The van der Waals surface area contributed by atoms with Crippen LogP contribution in [0.3, 0.4) is 0 Å². The molecule has 87 heavy (non-hydrogen) atoms. The van der Waals surface area contributed by atoms with Crippen molar-refractivity contribution < 1.29 is 67.6 Å². The first-order valence-corrected chi connectivity index (χ1v) is 32.2. The molecular weight excluding hydrogens is 1110 g/mol. The second-order valence-corrected chi connectivity index (χ2v) is 25.9. The molecule has 4 N–H and O–H groups in total. The first kappa shape index (κ1) is 65.4. The van der Waals surface area contributed by atoms with Crippen LogP contribution in [0.1, 0.15) is 154 Å². The lowest BCUT2D eigenvalue weighted by molar-refractivity contribution is -0.272. The fraction of sp³-hybridized carbons (Fsp3) is 0.638. The molecule has 2 aliphatic heterocycles. The Hall–Kier alpha value is -6.05. The Balaban J connectivity index is 0.572. The third-order valence-electron chi connectivity index (χ3n) is 20.3. The molecule has 9 rings (SSSR count). The van der Waals surface area contributed by atoms with Crippen molar-refractivity contribution in [3.63, 3.8) is 0 Å². The molecule has 18 nitrogen and oxygen atoms in total. The molecule has 3 aromatic rings. The summed E-state index contributed by atoms with van der Waals surface area (Å²) in [4.78, 5) is 38.9. The molecule has 3 saturated carbocycles. The van der Waals surface area contributed by atoms with Crippen molar-refractivity contribution >= 4 is 29.8 Å². The number of carbonyl (C=O) groups excluding carboxylic acids is 3. The molecule has 2 aromatic carbocycles. The van der Waals surface area contributed by atoms with Crippen molar-refractivity contribution in [3.05, 3.63) is 94.5 Å². The molecule has 0 bridgehead atoms. The second-order valence-electron chi connectivity index (χ2n) is 25.9. The molecule has 6 aliphatic rings. The molecular formula is C69H96N4O14. The van der Waals surface area contributed by atoms with Crippen LogP contribution < -0.4 is 14.8 Å². The molecule has 5 fully saturated rings. The molecule has 0 unspecified atom stereocenters. The van der Waals surface area contributed by atoms with E-state index in [2.05, 4.69) is 49.4 Å². The molecule has 3 heterocycles. The Kier molecular flexibility index (Phi) is 22.9. The molecule has 4 aliphatic carbocycles. The molecule has 11 atom stereocenters. The van der Waals surface area contributed by atoms with Crippen LogP contribution in [0, 0.1) is 46.3 Å². The number of allylic oxidation sites excluding steroid dienone is 4. The molecule has 1 amide bonds. The number of ether oxygens (including phenoxy) is 8. The van der Waals surface area contributed by atoms with Crippen molar-refractivity contribution in [1.29, 1.82) is 0 Å². The number of methoxy groups -OCH3 is 2. The Morgan fingerprint density at radius 1 is 0.805 bits per heavy atom. The number of ketones is 1. The number of unbranched alkanes of at least 4 members (excludes halogenated alkanes) is 6. The number of hydrogen-bond donors (Lipinski definition) is 4. The molecule has 476 valence electrons. The molecule has 1 aromatic heterocycles. The minimum atomic E-state index is -0.443. The van der Waals surface area contributed by atoms with E-state index in [4.69, 9.17) is 37.9 Å². The van der Waals surface area contributed by atoms with E-state index < -0.39 is 5.78 Å². The highest BCUT2D eigenvalue weighted by molar-refractivity contribution is 6.07. The number of aromatic nitrogens is 3. The normalized spacial score (nSPS) is 28.6. The van der Waals surface area contributed by atoms with Gasteiger partial charge >= 0.3 is 5.97 Å². The van der Waals surface area contributed by atoms with Gasteiger partial charge in [0.25, 0.3) is 0 Å². The number of aliphatic hydroxyl groups excluding tert-OH is 1. The Morgan fingerprint density at radius 3 is 2.18 bits per heavy atom. The number of aromatic hydroxyl groups is 2. The number of aliphatic hydroxyl groups is 1. The number of hydrogen-bond acceptors (Lipinski definition) is 16. The smallest absolute Gasteiger partial charge is 0.332 e. The topological polar surface area (TPSA) is 228 Å². The third kappa shape index (κ3) is 16.2. The van der Waals surface area contributed by atoms with E-state index in [1.54, 1.807) is 47.3 Å². The molecule has 1 spiro atoms. The number of aryl methyl sites for hydroxylation is 1. The van der Waals surface area contributed by atoms with Gasteiger partial charge in [0.15, 0.2) is 34.6 Å². The van der Waals surface area contributed by atoms with Crippen LogP contribution in [0.15, 0.2) is 77.7 Å². The summed E-state index contributed by atoms with van der Waals surface area (Å²) in [5.41, 5.74) is 3.82. The summed E-state index contributed by atoms with van der Waals surface area (Å²) in [5.74, 6) is 2.75. The average molecular weight is 1210 g/mol. The maximum atomic E-state index is 13.6. The first-order valence-electron chi connectivity index (χ1n) is 32.2. The van der Waals surface area contributed by atoms with E-state index in [9.17, 15) is 29.7 Å². The highest BCUT2D eigenvalue weighted by Crippen LogP contribution is 2.70. The van der Waals surface area contributed by atoms with Gasteiger partial charge in [0.1, 0.15) is 18.5 Å². The van der Waals surface area contributed by atoms with Gasteiger partial charge in [-0.05, 0) is 146 Å². The van der Waals surface area contributed by atoms with Crippen molar-refractivity contribution in [2.24, 2.45) is 46.3 Å². The lowest BCUT2D eigenvalue weighted by Gasteiger charge is -2.58. The first-order chi connectivity index (χ1) is 42.0. The minimum absolute atomic E-state index is 0.0194. The number of carbonyl (C=O) groups is 3. The summed E-state index contributed by atoms with van der Waals surface area (Å²) >= 11 is 0. The van der Waals surface area contributed by atoms with E-state index >= 15 is 0 Å². The largest absolute Gasteiger partial charge is 0.508 e. The van der Waals surface area contributed by atoms with Gasteiger partial charge in [0.2, 0.25) is 5.91 Å². The van der Waals surface area contributed by atoms with Gasteiger partial charge in [-0.2, -0.15) is 0 Å². The van der Waals surface area contributed by atoms with E-state index in [1.807, 2.05) is 0 Å². The van der Waals surface area contributed by atoms with Gasteiger partial charge in [-0.15, -0.1) is 5.10 Å². The van der Waals surface area contributed by atoms with Crippen LogP contribution in [0.5, 0.6) is 23.0 Å². The number of fused-ring (bicyclic) bond motifs is 7. The van der Waals surface area contributed by atoms with Crippen LogP contribution in [-0.2, 0) is 55.8 Å². The quantitative estimate of drug-likeness (QED) is 0.0117. The van der Waals surface area contributed by atoms with Crippen LogP contribution in [0.2, 0.25) is 0 Å². The summed E-state index contributed by atoms with van der Waals surface area (Å²) in [5, 5.41) is 42.7. The van der Waals surface area contributed by atoms with Crippen molar-refractivity contribution in [3.8, 4) is 23.0 Å². The number of benzene rings is 2. The van der Waals surface area contributed by atoms with Gasteiger partial charge in [-0.25, -0.2) is 4.79 Å². The summed E-state index contributed by atoms with van der Waals surface area (Å²) in [7, 11) is 2.88. The number of amides is 1. The SMILES string of the molecule is COc1cc(/C=C/C(=O)C(Cc2cn(CCCCCCCCCC(=O)NCCOCCOCCOCC(=O)O[C@H]3CC[C@@]4(C)C(=CC[C@H]5[C@@H]6C[C@@H]7O[C@]8(CC[C@@H](C)CO8)[C@@H](C)[C@@H]7[C@@]6(C)CC[C@@H]54)C3)nn2)=C(O)/C=C/c2ccc(O)c(OC)c2)ccc1O. The van der Waals surface area contributed by atoms with Crippen molar-refractivity contribution in [1.82, 2.24) is 20.3 Å². The summed E-state index contributed by atoms with van der Waals surface area (Å²) in [6, 6.07) is 9.45. The Labute approximate surface area is 514 Å². The molecule has 2 saturated heterocycles. The number of phenolic OH excluding ortho intramolecular Hbond substituents is 2. The van der Waals surface area contributed by atoms with Gasteiger partial charge in [-0.1, -0.05) is 101 Å². The maximum absolute atomic E-state index is 13.6. The lowest BCUT2D eigenvalue weighted by Crippen LogP contribution is -2.52. The standard InChI is InChI=1S/C69H96N4O14/c1-46-25-30-69(85-44-46)47(2)66-63(87-69)42-56-53-20-19-50-40-52(26-28-67(50,3)55(53)27-29-68(56,66)4)86-65(79)45-84-37-36-83-35-34-82-33-31-70-64(78)14-12-10-8-7-9-11-13-32-73-43-51(71-72-73)41-54(57(74)21-15-48-17-23-59(76)61(38-48)80-5)58(75)22-16-49-18-24-60(77)62(39-49)81-6/h15-19,21-24,38-39,43,46-47,52-53,55-56,63,66,74,76-77H,7-14,20,25-37,40-42,44-45H2,1-6H3,(H,70,78)/b21-15+,22-16+,57-54?/t46-,47+,52+,53-,55+,56+,63+,66+,67+,68+,69-/m1/s1. The van der Waals surface area contributed by atoms with E-state index in [0.29, 0.717) is 110 Å². The van der Waals surface area contributed by atoms with Gasteiger partial charge in [0.05, 0.1) is 65.7 Å². The number of rotatable bonds is 31. The Morgan fingerprint density at radius 2 is 1.48 bits per heavy atom. The highest BCUT2D eigenvalue weighted by Gasteiger charge is 2.68. The zero-order chi connectivity index (χ0) is 61.6. The maximum Gasteiger partial charge on any atom is 0.332 e. The van der Waals surface area contributed by atoms with Crippen LogP contribution in [-0.4, -0.2) is 133 Å². The summed E-state index contributed by atoms with van der Waals surface area (Å²) < 4.78 is 48.6. The predicted molar refractivity (Wildman–Crippen MR) is 330 cm³/mol. The van der Waals surface area contributed by atoms with Gasteiger partial charge < -0.3 is 58.5 Å². The predicted octanol–water partition coefficient (Wildman–Crippen LogP) is 11.6. The zero-order valence-corrected chi connectivity index (χ0v) is 52.3. The van der Waals surface area contributed by atoms with E-state index in [0.717, 1.165) is 90.1 Å². The third-order valence-corrected chi connectivity index (χ3v) is 20.3. The Bertz CT molecular complexity index is 2930. The minimum Gasteiger partial charge on any atom is -0.508 e. The van der Waals surface area contributed by atoms with E-state index in [-0.39, 0.29) is 83.1 Å². The molecule has 18 heteroatoms. The number of phenols is 2. The summed E-state index contributed by atoms with van der Waals surface area (Å²) in [6.45, 7) is 13.4. The van der Waals surface area contributed by atoms with Gasteiger partial charge in [-0.3, -0.25) is 14.3 Å². The number of nitrogens with zero attached hydrogens (tertiary/aromatic N) is 3. The lowest BCUT2D eigenvalue weighted by atomic mass is 9.47. The average Bonchev–Trinajstić information content (AvgIpc) is 1.58. The highest BCUT2D eigenvalue weighted by atomic mass is 16.7. The summed E-state index contributed by atoms with van der Waals surface area (Å²) in [6.07, 6.45) is 27.6. The van der Waals surface area contributed by atoms with Crippen LogP contribution >= 0.6 is 0 Å². The number of esters is 1. The van der Waals surface area contributed by atoms with Gasteiger partial charge in [0, 0.05) is 56.5 Å². The van der Waals surface area contributed by atoms with Crippen LogP contribution in [0.4, 0.5) is 0 Å². The zero-order valence-electron chi connectivity index (χ0n) is 52.3. The second kappa shape index (κ2) is 30.4. The van der Waals surface area contributed by atoms with Crippen molar-refractivity contribution in [2.75, 3.05) is 67.0 Å². The van der Waals surface area contributed by atoms with E-state index in [1.165, 1.54) is 63.3 Å². The van der Waals surface area contributed by atoms with Crippen LogP contribution in [0.25, 0.3) is 12.2 Å². The fourth-order valence-electron chi connectivity index (χ4n) is 15.5. The monoisotopic (exact) mass is 1200 g/mol. The van der Waals surface area contributed by atoms with Crippen molar-refractivity contribution in [2.45, 2.75) is 168 Å². The fourth-order valence-corrected chi connectivity index (χ4v) is 15.5.